The van der Waals surface area contributed by atoms with Crippen LogP contribution in [0.15, 0.2) is 33.3 Å². The van der Waals surface area contributed by atoms with Gasteiger partial charge in [0.05, 0.1) is 5.52 Å². The first kappa shape index (κ1) is 13.3. The van der Waals surface area contributed by atoms with E-state index in [2.05, 4.69) is 36.8 Å². The van der Waals surface area contributed by atoms with Gasteiger partial charge in [0.2, 0.25) is 6.79 Å². The zero-order valence-corrected chi connectivity index (χ0v) is 12.6. The van der Waals surface area contributed by atoms with E-state index in [1.165, 1.54) is 6.92 Å². The summed E-state index contributed by atoms with van der Waals surface area (Å²) < 4.78 is 11.8. The van der Waals surface area contributed by atoms with Crippen molar-refractivity contribution < 1.29 is 14.3 Å². The molecule has 4 nitrogen and oxygen atoms in total. The van der Waals surface area contributed by atoms with Gasteiger partial charge in [0.1, 0.15) is 5.75 Å². The minimum Gasteiger partial charge on any atom is -0.457 e. The van der Waals surface area contributed by atoms with Gasteiger partial charge in [0, 0.05) is 27.5 Å². The molecule has 2 aromatic rings. The highest BCUT2D eigenvalue weighted by Crippen LogP contribution is 2.29. The van der Waals surface area contributed by atoms with Crippen LogP contribution in [0.2, 0.25) is 0 Å². The third kappa shape index (κ3) is 3.20. The molecule has 0 saturated heterocycles. The Morgan fingerprint density at radius 3 is 2.83 bits per heavy atom. The van der Waals surface area contributed by atoms with E-state index in [1.54, 1.807) is 12.3 Å². The molecule has 0 atom stereocenters. The lowest BCUT2D eigenvalue weighted by Gasteiger charge is -2.08. The molecule has 1 aromatic heterocycles. The molecule has 1 aromatic carbocycles. The number of carbonyl (C=O) groups is 1. The van der Waals surface area contributed by atoms with Crippen LogP contribution in [0.1, 0.15) is 6.92 Å². The molecule has 0 amide bonds. The third-order valence-corrected chi connectivity index (χ3v) is 3.20. The van der Waals surface area contributed by atoms with E-state index in [1.807, 2.05) is 12.1 Å². The van der Waals surface area contributed by atoms with Crippen molar-refractivity contribution >= 4 is 48.7 Å². The summed E-state index contributed by atoms with van der Waals surface area (Å²) in [6.07, 6.45) is 1.73. The Hall–Kier alpha value is -1.14. The maximum Gasteiger partial charge on any atom is 0.305 e. The van der Waals surface area contributed by atoms with Gasteiger partial charge in [-0.25, -0.2) is 0 Å². The predicted molar refractivity (Wildman–Crippen MR) is 74.4 cm³/mol. The summed E-state index contributed by atoms with van der Waals surface area (Å²) >= 11 is 6.79. The first-order valence-electron chi connectivity index (χ1n) is 5.07. The number of carbonyl (C=O) groups excluding carboxylic acids is 1. The molecule has 1 heterocycles. The average molecular weight is 375 g/mol. The number of ether oxygens (including phenoxy) is 2. The average Bonchev–Trinajstić information content (AvgIpc) is 2.27. The fourth-order valence-corrected chi connectivity index (χ4v) is 2.32. The number of benzene rings is 1. The number of nitrogens with zero attached hydrogens (tertiary/aromatic N) is 1. The van der Waals surface area contributed by atoms with Crippen LogP contribution in [0.3, 0.4) is 0 Å². The Balaban J connectivity index is 2.27. The number of hydrogen-bond donors (Lipinski definition) is 0. The largest absolute Gasteiger partial charge is 0.457 e. The van der Waals surface area contributed by atoms with Gasteiger partial charge in [0.15, 0.2) is 0 Å². The minimum absolute atomic E-state index is 0.102. The van der Waals surface area contributed by atoms with Gasteiger partial charge in [0.25, 0.3) is 0 Å². The molecule has 6 heteroatoms. The van der Waals surface area contributed by atoms with E-state index in [0.717, 1.165) is 19.8 Å². The second-order valence-electron chi connectivity index (χ2n) is 3.53. The van der Waals surface area contributed by atoms with Crippen LogP contribution in [0, 0.1) is 0 Å². The van der Waals surface area contributed by atoms with Crippen molar-refractivity contribution in [1.29, 1.82) is 0 Å². The molecule has 0 aliphatic carbocycles. The van der Waals surface area contributed by atoms with Crippen molar-refractivity contribution in [3.05, 3.63) is 33.3 Å². The van der Waals surface area contributed by atoms with Crippen molar-refractivity contribution in [2.45, 2.75) is 6.92 Å². The summed E-state index contributed by atoms with van der Waals surface area (Å²) in [7, 11) is 0. The lowest BCUT2D eigenvalue weighted by molar-refractivity contribution is -0.147. The van der Waals surface area contributed by atoms with Gasteiger partial charge in [-0.2, -0.15) is 0 Å². The molecule has 0 saturated carbocycles. The topological polar surface area (TPSA) is 48.4 Å². The molecule has 0 unspecified atom stereocenters. The second-order valence-corrected chi connectivity index (χ2v) is 5.30. The van der Waals surface area contributed by atoms with E-state index >= 15 is 0 Å². The molecule has 0 N–H and O–H groups in total. The van der Waals surface area contributed by atoms with Gasteiger partial charge < -0.3 is 9.47 Å². The summed E-state index contributed by atoms with van der Waals surface area (Å²) in [5.41, 5.74) is 0.845. The highest BCUT2D eigenvalue weighted by atomic mass is 79.9. The molecule has 18 heavy (non-hydrogen) atoms. The van der Waals surface area contributed by atoms with Crippen LogP contribution in [0.25, 0.3) is 10.9 Å². The monoisotopic (exact) mass is 373 g/mol. The van der Waals surface area contributed by atoms with Crippen LogP contribution in [0.4, 0.5) is 0 Å². The van der Waals surface area contributed by atoms with Crippen LogP contribution in [-0.4, -0.2) is 17.7 Å². The van der Waals surface area contributed by atoms with Gasteiger partial charge in [-0.05, 0) is 50.1 Å². The number of hydrogen-bond acceptors (Lipinski definition) is 4. The van der Waals surface area contributed by atoms with Crippen LogP contribution in [0.5, 0.6) is 5.75 Å². The van der Waals surface area contributed by atoms with Gasteiger partial charge in [-0.1, -0.05) is 0 Å². The Bertz CT molecular complexity index is 601. The summed E-state index contributed by atoms with van der Waals surface area (Å²) in [6, 6.07) is 5.56. The first-order chi connectivity index (χ1) is 8.56. The van der Waals surface area contributed by atoms with E-state index in [4.69, 9.17) is 9.47 Å². The summed E-state index contributed by atoms with van der Waals surface area (Å²) in [5.74, 6) is 0.231. The van der Waals surface area contributed by atoms with Gasteiger partial charge in [-0.3, -0.25) is 9.78 Å². The number of halogens is 2. The minimum atomic E-state index is -0.376. The highest BCUT2D eigenvalue weighted by Gasteiger charge is 2.05. The summed E-state index contributed by atoms with van der Waals surface area (Å²) in [5, 5.41) is 0.927. The summed E-state index contributed by atoms with van der Waals surface area (Å²) in [4.78, 5) is 14.9. The van der Waals surface area contributed by atoms with Crippen LogP contribution < -0.4 is 4.74 Å². The lowest BCUT2D eigenvalue weighted by Crippen LogP contribution is -2.06. The second kappa shape index (κ2) is 5.67. The molecule has 0 bridgehead atoms. The van der Waals surface area contributed by atoms with Crippen LogP contribution >= 0.6 is 31.9 Å². The van der Waals surface area contributed by atoms with E-state index in [0.29, 0.717) is 5.75 Å². The SMILES string of the molecule is CC(=O)OCOc1cc(Br)c2ncc(Br)cc2c1. The molecule has 2 rings (SSSR count). The smallest absolute Gasteiger partial charge is 0.305 e. The fraction of sp³-hybridized carbons (Fsp3) is 0.167. The van der Waals surface area contributed by atoms with E-state index in [-0.39, 0.29) is 12.8 Å². The molecule has 0 aliphatic rings. The molecule has 0 radical (unpaired) electrons. The maximum absolute atomic E-state index is 10.6. The number of fused-ring (bicyclic) bond motifs is 1. The number of rotatable bonds is 3. The number of aromatic nitrogens is 1. The quantitative estimate of drug-likeness (QED) is 0.607. The standard InChI is InChI=1S/C12H9Br2NO3/c1-7(16)17-6-18-10-3-8-2-9(13)5-15-12(8)11(14)4-10/h2-5H,6H2,1H3. The predicted octanol–water partition coefficient (Wildman–Crippen LogP) is 3.66. The van der Waals surface area contributed by atoms with E-state index < -0.39 is 0 Å². The number of pyridine rings is 1. The molecular formula is C12H9Br2NO3. The van der Waals surface area contributed by atoms with Gasteiger partial charge >= 0.3 is 5.97 Å². The fourth-order valence-electron chi connectivity index (χ4n) is 1.42. The van der Waals surface area contributed by atoms with Crippen LogP contribution in [-0.2, 0) is 9.53 Å². The van der Waals surface area contributed by atoms with Gasteiger partial charge in [-0.15, -0.1) is 0 Å². The molecular weight excluding hydrogens is 366 g/mol. The Kier molecular flexibility index (Phi) is 4.19. The van der Waals surface area contributed by atoms with Crippen molar-refractivity contribution in [3.63, 3.8) is 0 Å². The van der Waals surface area contributed by atoms with Crippen molar-refractivity contribution in [2.24, 2.45) is 0 Å². The van der Waals surface area contributed by atoms with Crippen molar-refractivity contribution in [2.75, 3.05) is 6.79 Å². The zero-order valence-electron chi connectivity index (χ0n) is 9.44. The molecule has 94 valence electrons. The lowest BCUT2D eigenvalue weighted by atomic mass is 10.2. The number of esters is 1. The Labute approximate surface area is 121 Å². The van der Waals surface area contributed by atoms with Crippen molar-refractivity contribution in [3.8, 4) is 5.75 Å². The van der Waals surface area contributed by atoms with E-state index in [9.17, 15) is 4.79 Å². The highest BCUT2D eigenvalue weighted by molar-refractivity contribution is 9.11. The molecule has 0 fully saturated rings. The third-order valence-electron chi connectivity index (χ3n) is 2.16. The normalized spacial score (nSPS) is 10.4. The Morgan fingerprint density at radius 1 is 1.33 bits per heavy atom. The zero-order chi connectivity index (χ0) is 13.1. The Morgan fingerprint density at radius 2 is 2.11 bits per heavy atom. The van der Waals surface area contributed by atoms with Crippen molar-refractivity contribution in [1.82, 2.24) is 4.98 Å². The first-order valence-corrected chi connectivity index (χ1v) is 6.66. The maximum atomic E-state index is 10.6. The molecule has 0 spiro atoms. The molecule has 0 aliphatic heterocycles. The summed E-state index contributed by atoms with van der Waals surface area (Å²) in [6.45, 7) is 1.23.